The van der Waals surface area contributed by atoms with Crippen molar-refractivity contribution in [3.8, 4) is 11.5 Å². The van der Waals surface area contributed by atoms with E-state index in [0.717, 1.165) is 31.2 Å². The maximum atomic E-state index is 13.9. The van der Waals surface area contributed by atoms with Crippen LogP contribution in [-0.4, -0.2) is 42.5 Å². The maximum absolute atomic E-state index is 13.9. The number of hydrogen-bond donors (Lipinski definition) is 1. The van der Waals surface area contributed by atoms with Crippen molar-refractivity contribution in [2.24, 2.45) is 0 Å². The molecule has 0 heterocycles. The number of halogens is 1. The van der Waals surface area contributed by atoms with E-state index in [-0.39, 0.29) is 36.8 Å². The Bertz CT molecular complexity index is 913. The van der Waals surface area contributed by atoms with Gasteiger partial charge in [0.05, 0.1) is 7.11 Å². The molecule has 2 amide bonds. The van der Waals surface area contributed by atoms with Crippen LogP contribution >= 0.6 is 0 Å². The zero-order valence-electron chi connectivity index (χ0n) is 19.4. The summed E-state index contributed by atoms with van der Waals surface area (Å²) >= 11 is 0. The number of nitrogens with one attached hydrogen (secondary N) is 1. The fourth-order valence-corrected chi connectivity index (χ4v) is 4.18. The SMILES string of the molecule is CCC(C(=O)NC1CCCCC1)N(Cc1ccc(OC)cc1)C(=O)COc1ccccc1F. The number of nitrogens with zero attached hydrogens (tertiary/aromatic N) is 1. The molecule has 1 saturated carbocycles. The number of benzene rings is 2. The number of para-hydroxylation sites is 1. The molecule has 1 aliphatic rings. The van der Waals surface area contributed by atoms with Crippen LogP contribution in [0.4, 0.5) is 4.39 Å². The van der Waals surface area contributed by atoms with Gasteiger partial charge in [0.1, 0.15) is 11.8 Å². The van der Waals surface area contributed by atoms with E-state index in [0.29, 0.717) is 12.2 Å². The molecule has 0 radical (unpaired) electrons. The molecule has 1 unspecified atom stereocenters. The Morgan fingerprint density at radius 2 is 1.79 bits per heavy atom. The second-order valence-corrected chi connectivity index (χ2v) is 8.36. The zero-order chi connectivity index (χ0) is 23.6. The Labute approximate surface area is 195 Å². The van der Waals surface area contributed by atoms with Crippen molar-refractivity contribution in [1.82, 2.24) is 10.2 Å². The van der Waals surface area contributed by atoms with Crippen LogP contribution in [0.15, 0.2) is 48.5 Å². The second kappa shape index (κ2) is 12.2. The molecule has 1 fully saturated rings. The molecule has 178 valence electrons. The molecule has 33 heavy (non-hydrogen) atoms. The molecule has 0 aliphatic heterocycles. The number of rotatable bonds is 10. The van der Waals surface area contributed by atoms with E-state index in [2.05, 4.69) is 5.32 Å². The Hall–Kier alpha value is -3.09. The summed E-state index contributed by atoms with van der Waals surface area (Å²) in [5.74, 6) is -0.345. The van der Waals surface area contributed by atoms with Crippen LogP contribution < -0.4 is 14.8 Å². The number of methoxy groups -OCH3 is 1. The van der Waals surface area contributed by atoms with Crippen LogP contribution in [0.25, 0.3) is 0 Å². The van der Waals surface area contributed by atoms with Gasteiger partial charge in [-0.1, -0.05) is 50.5 Å². The highest BCUT2D eigenvalue weighted by Gasteiger charge is 2.30. The highest BCUT2D eigenvalue weighted by atomic mass is 19.1. The van der Waals surface area contributed by atoms with Crippen LogP contribution in [0.3, 0.4) is 0 Å². The standard InChI is InChI=1S/C26H33FN2O4/c1-3-23(26(31)28-20-9-5-4-6-10-20)29(17-19-13-15-21(32-2)16-14-19)25(30)18-33-24-12-8-7-11-22(24)27/h7-8,11-16,20,23H,3-6,9-10,17-18H2,1-2H3,(H,28,31). The molecule has 0 aromatic heterocycles. The van der Waals surface area contributed by atoms with Gasteiger partial charge < -0.3 is 19.7 Å². The van der Waals surface area contributed by atoms with Crippen molar-refractivity contribution in [2.45, 2.75) is 64.1 Å². The molecule has 1 atom stereocenters. The lowest BCUT2D eigenvalue weighted by atomic mass is 9.95. The summed E-state index contributed by atoms with van der Waals surface area (Å²) in [6.45, 7) is 1.77. The van der Waals surface area contributed by atoms with Crippen LogP contribution in [0.1, 0.15) is 51.0 Å². The minimum Gasteiger partial charge on any atom is -0.497 e. The summed E-state index contributed by atoms with van der Waals surface area (Å²) in [5, 5.41) is 3.14. The molecule has 0 spiro atoms. The third-order valence-corrected chi connectivity index (χ3v) is 6.04. The van der Waals surface area contributed by atoms with Gasteiger partial charge in [-0.05, 0) is 49.1 Å². The Kier molecular flexibility index (Phi) is 9.10. The van der Waals surface area contributed by atoms with Crippen LogP contribution in [0.2, 0.25) is 0 Å². The normalized spacial score (nSPS) is 14.9. The van der Waals surface area contributed by atoms with Crippen molar-refractivity contribution in [3.63, 3.8) is 0 Å². The molecular weight excluding hydrogens is 423 g/mol. The summed E-state index contributed by atoms with van der Waals surface area (Å²) in [6.07, 6.45) is 5.79. The highest BCUT2D eigenvalue weighted by molar-refractivity contribution is 5.88. The van der Waals surface area contributed by atoms with E-state index in [1.807, 2.05) is 31.2 Å². The lowest BCUT2D eigenvalue weighted by Gasteiger charge is -2.32. The summed E-state index contributed by atoms with van der Waals surface area (Å²) in [5.41, 5.74) is 0.860. The van der Waals surface area contributed by atoms with E-state index in [1.165, 1.54) is 23.5 Å². The fourth-order valence-electron chi connectivity index (χ4n) is 4.18. The van der Waals surface area contributed by atoms with Gasteiger partial charge in [0, 0.05) is 12.6 Å². The Morgan fingerprint density at radius 1 is 1.09 bits per heavy atom. The third-order valence-electron chi connectivity index (χ3n) is 6.04. The number of hydrogen-bond acceptors (Lipinski definition) is 4. The van der Waals surface area contributed by atoms with E-state index in [1.54, 1.807) is 19.2 Å². The van der Waals surface area contributed by atoms with Crippen molar-refractivity contribution in [2.75, 3.05) is 13.7 Å². The molecule has 2 aromatic rings. The van der Waals surface area contributed by atoms with Gasteiger partial charge in [0.15, 0.2) is 18.2 Å². The molecule has 3 rings (SSSR count). The monoisotopic (exact) mass is 456 g/mol. The lowest BCUT2D eigenvalue weighted by Crippen LogP contribution is -2.52. The fraction of sp³-hybridized carbons (Fsp3) is 0.462. The minimum atomic E-state index is -0.647. The predicted octanol–water partition coefficient (Wildman–Crippen LogP) is 4.47. The van der Waals surface area contributed by atoms with Crippen LogP contribution in [0, 0.1) is 5.82 Å². The number of carbonyl (C=O) groups is 2. The maximum Gasteiger partial charge on any atom is 0.261 e. The molecule has 2 aromatic carbocycles. The predicted molar refractivity (Wildman–Crippen MR) is 125 cm³/mol. The van der Waals surface area contributed by atoms with Gasteiger partial charge in [-0.2, -0.15) is 0 Å². The highest BCUT2D eigenvalue weighted by Crippen LogP contribution is 2.21. The van der Waals surface area contributed by atoms with E-state index in [9.17, 15) is 14.0 Å². The van der Waals surface area contributed by atoms with Gasteiger partial charge in [0.2, 0.25) is 5.91 Å². The molecule has 1 N–H and O–H groups in total. The number of carbonyl (C=O) groups excluding carboxylic acids is 2. The molecule has 1 aliphatic carbocycles. The third kappa shape index (κ3) is 6.94. The van der Waals surface area contributed by atoms with Crippen molar-refractivity contribution >= 4 is 11.8 Å². The van der Waals surface area contributed by atoms with E-state index >= 15 is 0 Å². The Morgan fingerprint density at radius 3 is 2.42 bits per heavy atom. The van der Waals surface area contributed by atoms with Gasteiger partial charge in [-0.25, -0.2) is 4.39 Å². The van der Waals surface area contributed by atoms with Gasteiger partial charge >= 0.3 is 0 Å². The first kappa shape index (κ1) is 24.6. The second-order valence-electron chi connectivity index (χ2n) is 8.36. The largest absolute Gasteiger partial charge is 0.497 e. The summed E-state index contributed by atoms with van der Waals surface area (Å²) < 4.78 is 24.6. The first-order valence-corrected chi connectivity index (χ1v) is 11.6. The quantitative estimate of drug-likeness (QED) is 0.573. The summed E-state index contributed by atoms with van der Waals surface area (Å²) in [4.78, 5) is 27.9. The first-order valence-electron chi connectivity index (χ1n) is 11.6. The average Bonchev–Trinajstić information content (AvgIpc) is 2.84. The van der Waals surface area contributed by atoms with Gasteiger partial charge in [-0.3, -0.25) is 9.59 Å². The van der Waals surface area contributed by atoms with E-state index in [4.69, 9.17) is 9.47 Å². The summed E-state index contributed by atoms with van der Waals surface area (Å²) in [7, 11) is 1.59. The Balaban J connectivity index is 1.76. The number of ether oxygens (including phenoxy) is 2. The molecular formula is C26H33FN2O4. The smallest absolute Gasteiger partial charge is 0.261 e. The molecule has 0 bridgehead atoms. The average molecular weight is 457 g/mol. The van der Waals surface area contributed by atoms with Gasteiger partial charge in [0.25, 0.3) is 5.91 Å². The molecule has 7 heteroatoms. The molecule has 6 nitrogen and oxygen atoms in total. The van der Waals surface area contributed by atoms with Gasteiger partial charge in [-0.15, -0.1) is 0 Å². The number of amides is 2. The van der Waals surface area contributed by atoms with Crippen molar-refractivity contribution in [3.05, 3.63) is 59.9 Å². The molecule has 0 saturated heterocycles. The topological polar surface area (TPSA) is 67.9 Å². The van der Waals surface area contributed by atoms with Crippen molar-refractivity contribution in [1.29, 1.82) is 0 Å². The first-order chi connectivity index (χ1) is 16.0. The lowest BCUT2D eigenvalue weighted by molar-refractivity contribution is -0.143. The van der Waals surface area contributed by atoms with Crippen molar-refractivity contribution < 1.29 is 23.5 Å². The van der Waals surface area contributed by atoms with E-state index < -0.39 is 11.9 Å². The van der Waals surface area contributed by atoms with Crippen LogP contribution in [0.5, 0.6) is 11.5 Å². The zero-order valence-corrected chi connectivity index (χ0v) is 19.4. The van der Waals surface area contributed by atoms with Crippen LogP contribution in [-0.2, 0) is 16.1 Å². The minimum absolute atomic E-state index is 0.00922. The summed E-state index contributed by atoms with van der Waals surface area (Å²) in [6, 6.07) is 12.8.